The minimum absolute atomic E-state index is 0.0495. The standard InChI is InChI=1S/C16H22N4O4/c21-10-16-9-20(7-13(16)8-24-11-16)14(22)12-5-17-15(18-6-12)19-1-3-23-4-2-19/h5-6,13,21H,1-4,7-11H2/t13-,16-/m0/s1. The largest absolute Gasteiger partial charge is 0.396 e. The van der Waals surface area contributed by atoms with Crippen LogP contribution in [0.15, 0.2) is 12.4 Å². The van der Waals surface area contributed by atoms with E-state index in [1.165, 1.54) is 0 Å². The van der Waals surface area contributed by atoms with Crippen LogP contribution in [0, 0.1) is 11.3 Å². The average Bonchev–Trinajstić information content (AvgIpc) is 3.19. The molecule has 8 heteroatoms. The van der Waals surface area contributed by atoms with Crippen molar-refractivity contribution in [2.24, 2.45) is 11.3 Å². The van der Waals surface area contributed by atoms with Crippen molar-refractivity contribution in [3.05, 3.63) is 18.0 Å². The van der Waals surface area contributed by atoms with Crippen LogP contribution in [-0.2, 0) is 9.47 Å². The van der Waals surface area contributed by atoms with E-state index in [0.29, 0.717) is 51.0 Å². The lowest BCUT2D eigenvalue weighted by atomic mass is 9.82. The molecule has 0 unspecified atom stereocenters. The van der Waals surface area contributed by atoms with Crippen molar-refractivity contribution in [2.45, 2.75) is 0 Å². The number of fused-ring (bicyclic) bond motifs is 1. The summed E-state index contributed by atoms with van der Waals surface area (Å²) in [5, 5.41) is 9.72. The summed E-state index contributed by atoms with van der Waals surface area (Å²) < 4.78 is 10.8. The molecular formula is C16H22N4O4. The van der Waals surface area contributed by atoms with Gasteiger partial charge in [-0.15, -0.1) is 0 Å². The van der Waals surface area contributed by atoms with Gasteiger partial charge in [0.15, 0.2) is 0 Å². The molecule has 24 heavy (non-hydrogen) atoms. The molecule has 4 heterocycles. The molecule has 0 bridgehead atoms. The fraction of sp³-hybridized carbons (Fsp3) is 0.688. The van der Waals surface area contributed by atoms with Gasteiger partial charge in [-0.3, -0.25) is 4.79 Å². The summed E-state index contributed by atoms with van der Waals surface area (Å²) in [7, 11) is 0. The van der Waals surface area contributed by atoms with Gasteiger partial charge in [-0.25, -0.2) is 9.97 Å². The van der Waals surface area contributed by atoms with Gasteiger partial charge in [0.25, 0.3) is 5.91 Å². The quantitative estimate of drug-likeness (QED) is 0.789. The molecule has 0 aliphatic carbocycles. The Labute approximate surface area is 140 Å². The highest BCUT2D eigenvalue weighted by Gasteiger charge is 2.51. The molecule has 0 saturated carbocycles. The summed E-state index contributed by atoms with van der Waals surface area (Å²) in [4.78, 5) is 25.2. The zero-order valence-corrected chi connectivity index (χ0v) is 13.6. The minimum Gasteiger partial charge on any atom is -0.396 e. The maximum Gasteiger partial charge on any atom is 0.257 e. The predicted octanol–water partition coefficient (Wildman–Crippen LogP) is -0.606. The van der Waals surface area contributed by atoms with E-state index in [4.69, 9.17) is 9.47 Å². The average molecular weight is 334 g/mol. The maximum absolute atomic E-state index is 12.7. The predicted molar refractivity (Wildman–Crippen MR) is 84.8 cm³/mol. The highest BCUT2D eigenvalue weighted by molar-refractivity contribution is 5.94. The van der Waals surface area contributed by atoms with E-state index < -0.39 is 0 Å². The zero-order valence-electron chi connectivity index (χ0n) is 13.6. The molecule has 8 nitrogen and oxygen atoms in total. The third-order valence-corrected chi connectivity index (χ3v) is 5.30. The Balaban J connectivity index is 1.45. The van der Waals surface area contributed by atoms with Crippen LogP contribution in [-0.4, -0.2) is 85.1 Å². The highest BCUT2D eigenvalue weighted by atomic mass is 16.5. The van der Waals surface area contributed by atoms with Crippen molar-refractivity contribution in [1.29, 1.82) is 0 Å². The summed E-state index contributed by atoms with van der Waals surface area (Å²) in [6.45, 7) is 5.19. The molecule has 2 atom stereocenters. The fourth-order valence-corrected chi connectivity index (χ4v) is 3.75. The van der Waals surface area contributed by atoms with Crippen molar-refractivity contribution < 1.29 is 19.4 Å². The van der Waals surface area contributed by atoms with E-state index in [0.717, 1.165) is 13.1 Å². The van der Waals surface area contributed by atoms with Crippen LogP contribution in [0.25, 0.3) is 0 Å². The number of aliphatic hydroxyl groups excluding tert-OH is 1. The lowest BCUT2D eigenvalue weighted by Crippen LogP contribution is -2.38. The maximum atomic E-state index is 12.7. The van der Waals surface area contributed by atoms with E-state index in [-0.39, 0.29) is 23.8 Å². The Kier molecular flexibility index (Phi) is 4.11. The lowest BCUT2D eigenvalue weighted by Gasteiger charge is -2.26. The molecule has 3 saturated heterocycles. The Morgan fingerprint density at radius 3 is 2.71 bits per heavy atom. The van der Waals surface area contributed by atoms with E-state index >= 15 is 0 Å². The molecule has 1 aromatic rings. The molecule has 3 aliphatic rings. The van der Waals surface area contributed by atoms with E-state index in [9.17, 15) is 9.90 Å². The Morgan fingerprint density at radius 1 is 1.29 bits per heavy atom. The van der Waals surface area contributed by atoms with Gasteiger partial charge in [0.05, 0.1) is 38.6 Å². The fourth-order valence-electron chi connectivity index (χ4n) is 3.75. The number of carbonyl (C=O) groups is 1. The number of nitrogens with zero attached hydrogens (tertiary/aromatic N) is 4. The second-order valence-electron chi connectivity index (χ2n) is 6.79. The van der Waals surface area contributed by atoms with Gasteiger partial charge in [-0.1, -0.05) is 0 Å². The number of aliphatic hydroxyl groups is 1. The number of rotatable bonds is 3. The second-order valence-corrected chi connectivity index (χ2v) is 6.79. The SMILES string of the molecule is O=C(c1cnc(N2CCOCC2)nc1)N1C[C@H]2COC[C@@]2(CO)C1. The van der Waals surface area contributed by atoms with E-state index in [1.54, 1.807) is 17.3 Å². The van der Waals surface area contributed by atoms with Gasteiger partial charge < -0.3 is 24.4 Å². The van der Waals surface area contributed by atoms with Crippen LogP contribution < -0.4 is 4.90 Å². The van der Waals surface area contributed by atoms with Gasteiger partial charge in [-0.05, 0) is 0 Å². The van der Waals surface area contributed by atoms with Crippen LogP contribution in [0.4, 0.5) is 5.95 Å². The molecule has 0 radical (unpaired) electrons. The van der Waals surface area contributed by atoms with Crippen molar-refractivity contribution in [2.75, 3.05) is 64.1 Å². The number of ether oxygens (including phenoxy) is 2. The van der Waals surface area contributed by atoms with E-state index in [2.05, 4.69) is 14.9 Å². The summed E-state index contributed by atoms with van der Waals surface area (Å²) >= 11 is 0. The lowest BCUT2D eigenvalue weighted by molar-refractivity contribution is 0.0630. The van der Waals surface area contributed by atoms with Crippen LogP contribution in [0.2, 0.25) is 0 Å². The van der Waals surface area contributed by atoms with Gasteiger partial charge >= 0.3 is 0 Å². The molecule has 130 valence electrons. The number of hydrogen-bond acceptors (Lipinski definition) is 7. The van der Waals surface area contributed by atoms with Crippen LogP contribution in [0.1, 0.15) is 10.4 Å². The molecule has 1 amide bonds. The number of carbonyl (C=O) groups excluding carboxylic acids is 1. The third kappa shape index (κ3) is 2.64. The monoisotopic (exact) mass is 334 g/mol. The first-order valence-corrected chi connectivity index (χ1v) is 8.34. The number of anilines is 1. The first-order valence-electron chi connectivity index (χ1n) is 8.34. The van der Waals surface area contributed by atoms with Gasteiger partial charge in [0.2, 0.25) is 5.95 Å². The molecule has 4 rings (SSSR count). The Morgan fingerprint density at radius 2 is 2.04 bits per heavy atom. The Bertz CT molecular complexity index is 605. The molecular weight excluding hydrogens is 312 g/mol. The van der Waals surface area contributed by atoms with Gasteiger partial charge in [0, 0.05) is 49.9 Å². The Hall–Kier alpha value is -1.77. The second kappa shape index (κ2) is 6.27. The molecule has 3 aliphatic heterocycles. The smallest absolute Gasteiger partial charge is 0.257 e. The first-order chi connectivity index (χ1) is 11.7. The molecule has 0 spiro atoms. The number of hydrogen-bond donors (Lipinski definition) is 1. The van der Waals surface area contributed by atoms with Gasteiger partial charge in [0.1, 0.15) is 0 Å². The summed E-state index contributed by atoms with van der Waals surface area (Å²) in [6, 6.07) is 0. The van der Waals surface area contributed by atoms with Crippen molar-refractivity contribution >= 4 is 11.9 Å². The van der Waals surface area contributed by atoms with Gasteiger partial charge in [-0.2, -0.15) is 0 Å². The number of amides is 1. The molecule has 3 fully saturated rings. The number of morpholine rings is 1. The van der Waals surface area contributed by atoms with E-state index in [1.807, 2.05) is 0 Å². The summed E-state index contributed by atoms with van der Waals surface area (Å²) in [6.07, 6.45) is 3.19. The normalized spacial score (nSPS) is 29.8. The van der Waals surface area contributed by atoms with Crippen molar-refractivity contribution in [1.82, 2.24) is 14.9 Å². The topological polar surface area (TPSA) is 88.0 Å². The van der Waals surface area contributed by atoms with Crippen molar-refractivity contribution in [3.8, 4) is 0 Å². The molecule has 0 aromatic carbocycles. The number of likely N-dealkylation sites (tertiary alicyclic amines) is 1. The molecule has 1 aromatic heterocycles. The third-order valence-electron chi connectivity index (χ3n) is 5.30. The zero-order chi connectivity index (χ0) is 16.6. The molecule has 1 N–H and O–H groups in total. The summed E-state index contributed by atoms with van der Waals surface area (Å²) in [5.41, 5.74) is 0.186. The van der Waals surface area contributed by atoms with Crippen LogP contribution >= 0.6 is 0 Å². The minimum atomic E-state index is -0.301. The number of aromatic nitrogens is 2. The summed E-state index contributed by atoms with van der Waals surface area (Å²) in [5.74, 6) is 0.763. The highest BCUT2D eigenvalue weighted by Crippen LogP contribution is 2.41. The van der Waals surface area contributed by atoms with Crippen LogP contribution in [0.3, 0.4) is 0 Å². The van der Waals surface area contributed by atoms with Crippen molar-refractivity contribution in [3.63, 3.8) is 0 Å². The first kappa shape index (κ1) is 15.7. The van der Waals surface area contributed by atoms with Crippen LogP contribution in [0.5, 0.6) is 0 Å².